The quantitative estimate of drug-likeness (QED) is 0.313. The van der Waals surface area contributed by atoms with E-state index in [4.69, 9.17) is 4.74 Å². The molecule has 0 bridgehead atoms. The lowest BCUT2D eigenvalue weighted by Gasteiger charge is -2.29. The van der Waals surface area contributed by atoms with Crippen LogP contribution in [0.4, 0.5) is 0 Å². The summed E-state index contributed by atoms with van der Waals surface area (Å²) in [6, 6.07) is 17.2. The molecule has 0 saturated heterocycles. The van der Waals surface area contributed by atoms with Crippen LogP contribution in [-0.2, 0) is 16.8 Å². The molecule has 0 aliphatic heterocycles. The van der Waals surface area contributed by atoms with Crippen LogP contribution in [-0.4, -0.2) is 5.78 Å². The van der Waals surface area contributed by atoms with Crippen molar-refractivity contribution in [2.24, 2.45) is 0 Å². The molecule has 2 nitrogen and oxygen atoms in total. The van der Waals surface area contributed by atoms with Crippen molar-refractivity contribution in [2.45, 2.75) is 109 Å². The monoisotopic (exact) mass is 434 g/mol. The molecule has 2 aromatic carbocycles. The van der Waals surface area contributed by atoms with Crippen molar-refractivity contribution in [2.75, 3.05) is 0 Å². The van der Waals surface area contributed by atoms with E-state index < -0.39 is 0 Å². The van der Waals surface area contributed by atoms with E-state index in [0.717, 1.165) is 25.0 Å². The van der Waals surface area contributed by atoms with Crippen molar-refractivity contribution >= 4 is 5.78 Å². The van der Waals surface area contributed by atoms with Crippen LogP contribution in [0.2, 0.25) is 0 Å². The van der Waals surface area contributed by atoms with E-state index in [1.54, 1.807) is 0 Å². The summed E-state index contributed by atoms with van der Waals surface area (Å²) in [4.78, 5) is 12.1. The van der Waals surface area contributed by atoms with E-state index in [9.17, 15) is 4.79 Å². The standard InChI is InChI=1S/C30H42O2/c1-4-5-6-7-8-12-20-30(2,3)26-18-19-28(25-16-13-17-27(31)21-25)29(22-26)32-23-24-14-10-9-11-15-24/h9-11,14-15,18-19,22,25H,4-8,12-13,16-17,20-21,23H2,1-3H3. The largest absolute Gasteiger partial charge is 0.489 e. The minimum atomic E-state index is 0.122. The average Bonchev–Trinajstić information content (AvgIpc) is 2.80. The first kappa shape index (κ1) is 24.6. The zero-order chi connectivity index (χ0) is 22.8. The molecule has 0 spiro atoms. The van der Waals surface area contributed by atoms with Crippen LogP contribution in [0.5, 0.6) is 5.75 Å². The van der Waals surface area contributed by atoms with Crippen LogP contribution < -0.4 is 4.74 Å². The molecular weight excluding hydrogens is 392 g/mol. The summed E-state index contributed by atoms with van der Waals surface area (Å²) in [5, 5.41) is 0. The number of rotatable bonds is 12. The highest BCUT2D eigenvalue weighted by Gasteiger charge is 2.26. The fraction of sp³-hybridized carbons (Fsp3) is 0.567. The van der Waals surface area contributed by atoms with E-state index in [1.807, 2.05) is 6.07 Å². The predicted molar refractivity (Wildman–Crippen MR) is 134 cm³/mol. The molecule has 1 aliphatic carbocycles. The Kier molecular flexibility index (Phi) is 9.38. The topological polar surface area (TPSA) is 26.3 Å². The van der Waals surface area contributed by atoms with E-state index >= 15 is 0 Å². The number of hydrogen-bond donors (Lipinski definition) is 0. The number of carbonyl (C=O) groups excluding carboxylic acids is 1. The zero-order valence-electron chi connectivity index (χ0n) is 20.5. The Morgan fingerprint density at radius 2 is 1.72 bits per heavy atom. The second-order valence-electron chi connectivity index (χ2n) is 10.3. The summed E-state index contributed by atoms with van der Waals surface area (Å²) in [5.41, 5.74) is 3.86. The normalized spacial score (nSPS) is 16.8. The van der Waals surface area contributed by atoms with E-state index in [1.165, 1.54) is 61.6 Å². The van der Waals surface area contributed by atoms with E-state index in [-0.39, 0.29) is 11.3 Å². The van der Waals surface area contributed by atoms with Crippen LogP contribution in [0.1, 0.15) is 114 Å². The molecule has 32 heavy (non-hydrogen) atoms. The SMILES string of the molecule is CCCCCCCCC(C)(C)c1ccc(C2CCCC(=O)C2)c(OCc2ccccc2)c1. The van der Waals surface area contributed by atoms with Gasteiger partial charge in [-0.15, -0.1) is 0 Å². The molecule has 2 aromatic rings. The molecule has 1 aliphatic rings. The van der Waals surface area contributed by atoms with Crippen molar-refractivity contribution in [1.82, 2.24) is 0 Å². The number of hydrogen-bond acceptors (Lipinski definition) is 2. The molecule has 1 atom stereocenters. The second kappa shape index (κ2) is 12.2. The first-order chi connectivity index (χ1) is 15.5. The Morgan fingerprint density at radius 3 is 2.47 bits per heavy atom. The fourth-order valence-corrected chi connectivity index (χ4v) is 4.93. The molecule has 0 radical (unpaired) electrons. The van der Waals surface area contributed by atoms with Crippen LogP contribution >= 0.6 is 0 Å². The Balaban J connectivity index is 1.74. The van der Waals surface area contributed by atoms with Gasteiger partial charge in [0.15, 0.2) is 0 Å². The molecule has 0 aromatic heterocycles. The molecule has 0 N–H and O–H groups in total. The number of benzene rings is 2. The number of unbranched alkanes of at least 4 members (excludes halogenated alkanes) is 5. The van der Waals surface area contributed by atoms with Gasteiger partial charge in [-0.3, -0.25) is 4.79 Å². The summed E-state index contributed by atoms with van der Waals surface area (Å²) >= 11 is 0. The van der Waals surface area contributed by atoms with Crippen molar-refractivity contribution in [1.29, 1.82) is 0 Å². The maximum Gasteiger partial charge on any atom is 0.133 e. The average molecular weight is 435 g/mol. The van der Waals surface area contributed by atoms with Gasteiger partial charge in [0, 0.05) is 12.8 Å². The lowest BCUT2D eigenvalue weighted by molar-refractivity contribution is -0.120. The molecule has 3 rings (SSSR count). The zero-order valence-corrected chi connectivity index (χ0v) is 20.5. The van der Waals surface area contributed by atoms with Gasteiger partial charge >= 0.3 is 0 Å². The summed E-state index contributed by atoms with van der Waals surface area (Å²) in [7, 11) is 0. The van der Waals surface area contributed by atoms with Gasteiger partial charge in [-0.2, -0.15) is 0 Å². The third kappa shape index (κ3) is 7.22. The summed E-state index contributed by atoms with van der Waals surface area (Å²) in [5.74, 6) is 1.66. The van der Waals surface area contributed by atoms with Crippen molar-refractivity contribution < 1.29 is 9.53 Å². The molecule has 1 fully saturated rings. The van der Waals surface area contributed by atoms with E-state index in [2.05, 4.69) is 63.2 Å². The molecular formula is C30H42O2. The first-order valence-electron chi connectivity index (χ1n) is 12.8. The van der Waals surface area contributed by atoms with Gasteiger partial charge in [-0.1, -0.05) is 102 Å². The van der Waals surface area contributed by atoms with Gasteiger partial charge < -0.3 is 4.74 Å². The molecule has 0 amide bonds. The summed E-state index contributed by atoms with van der Waals surface area (Å²) in [6.45, 7) is 7.56. The predicted octanol–water partition coefficient (Wildman–Crippen LogP) is 8.52. The Labute approximate surface area is 195 Å². The molecule has 0 heterocycles. The Morgan fingerprint density at radius 1 is 0.969 bits per heavy atom. The minimum Gasteiger partial charge on any atom is -0.489 e. The van der Waals surface area contributed by atoms with Gasteiger partial charge in [0.05, 0.1) is 0 Å². The fourth-order valence-electron chi connectivity index (χ4n) is 4.93. The van der Waals surface area contributed by atoms with Crippen molar-refractivity contribution in [3.63, 3.8) is 0 Å². The van der Waals surface area contributed by atoms with Gasteiger partial charge in [-0.05, 0) is 53.4 Å². The van der Waals surface area contributed by atoms with Crippen LogP contribution in [0.3, 0.4) is 0 Å². The van der Waals surface area contributed by atoms with Gasteiger partial charge in [0.25, 0.3) is 0 Å². The molecule has 2 heteroatoms. The highest BCUT2D eigenvalue weighted by Crippen LogP contribution is 2.40. The third-order valence-electron chi connectivity index (χ3n) is 7.11. The minimum absolute atomic E-state index is 0.122. The maximum atomic E-state index is 12.1. The first-order valence-corrected chi connectivity index (χ1v) is 12.8. The lowest BCUT2D eigenvalue weighted by Crippen LogP contribution is -2.19. The Hall–Kier alpha value is -2.09. The van der Waals surface area contributed by atoms with E-state index in [0.29, 0.717) is 18.8 Å². The summed E-state index contributed by atoms with van der Waals surface area (Å²) in [6.07, 6.45) is 12.6. The highest BCUT2D eigenvalue weighted by molar-refractivity contribution is 5.80. The molecule has 1 unspecified atom stereocenters. The maximum absolute atomic E-state index is 12.1. The van der Waals surface area contributed by atoms with Crippen LogP contribution in [0, 0.1) is 0 Å². The van der Waals surface area contributed by atoms with Gasteiger partial charge in [-0.25, -0.2) is 0 Å². The number of carbonyl (C=O) groups is 1. The van der Waals surface area contributed by atoms with Crippen molar-refractivity contribution in [3.05, 3.63) is 65.2 Å². The lowest BCUT2D eigenvalue weighted by atomic mass is 9.77. The smallest absolute Gasteiger partial charge is 0.133 e. The van der Waals surface area contributed by atoms with Crippen molar-refractivity contribution in [3.8, 4) is 5.75 Å². The Bertz CT molecular complexity index is 837. The number of Topliss-reactive ketones (excluding diaryl/α,β-unsaturated/α-hetero) is 1. The third-order valence-corrected chi connectivity index (χ3v) is 7.11. The summed E-state index contributed by atoms with van der Waals surface area (Å²) < 4.78 is 6.41. The van der Waals surface area contributed by atoms with Gasteiger partial charge in [0.2, 0.25) is 0 Å². The highest BCUT2D eigenvalue weighted by atomic mass is 16.5. The molecule has 174 valence electrons. The van der Waals surface area contributed by atoms with Crippen LogP contribution in [0.15, 0.2) is 48.5 Å². The number of ether oxygens (including phenoxy) is 1. The van der Waals surface area contributed by atoms with Crippen LogP contribution in [0.25, 0.3) is 0 Å². The molecule has 1 saturated carbocycles. The van der Waals surface area contributed by atoms with Gasteiger partial charge in [0.1, 0.15) is 18.1 Å². The number of ketones is 1. The second-order valence-corrected chi connectivity index (χ2v) is 10.3.